The molecule has 0 amide bonds. The predicted molar refractivity (Wildman–Crippen MR) is 69.1 cm³/mol. The second kappa shape index (κ2) is 6.44. The van der Waals surface area contributed by atoms with E-state index in [2.05, 4.69) is 9.46 Å². The van der Waals surface area contributed by atoms with Gasteiger partial charge in [0, 0.05) is 13.7 Å². The summed E-state index contributed by atoms with van der Waals surface area (Å²) in [6.07, 6.45) is -0.994. The van der Waals surface area contributed by atoms with Crippen molar-refractivity contribution in [2.75, 3.05) is 20.3 Å². The summed E-state index contributed by atoms with van der Waals surface area (Å²) in [5, 5.41) is 19.8. The first-order chi connectivity index (χ1) is 8.79. The lowest BCUT2D eigenvalue weighted by Gasteiger charge is -2.11. The van der Waals surface area contributed by atoms with E-state index in [4.69, 9.17) is 5.11 Å². The van der Waals surface area contributed by atoms with E-state index in [-0.39, 0.29) is 22.9 Å². The minimum Gasteiger partial charge on any atom is -0.477 e. The lowest BCUT2D eigenvalue weighted by atomic mass is 10.3. The summed E-state index contributed by atoms with van der Waals surface area (Å²) in [5.74, 6) is -1.30. The van der Waals surface area contributed by atoms with E-state index < -0.39 is 22.1 Å². The second-order valence-corrected chi connectivity index (χ2v) is 6.43. The third-order valence-corrected chi connectivity index (χ3v) is 5.07. The van der Waals surface area contributed by atoms with Crippen LogP contribution in [0.3, 0.4) is 0 Å². The smallest absolute Gasteiger partial charge is 0.347 e. The van der Waals surface area contributed by atoms with Gasteiger partial charge >= 0.3 is 5.97 Å². The van der Waals surface area contributed by atoms with Gasteiger partial charge in [0.05, 0.1) is 12.7 Å². The average molecular weight is 309 g/mol. The lowest BCUT2D eigenvalue weighted by molar-refractivity contribution is 0.0679. The SMILES string of the molecule is COCC(O)CNS(=O)(=O)c1c(C)csc1C(=O)O. The molecule has 0 bridgehead atoms. The summed E-state index contributed by atoms with van der Waals surface area (Å²) in [4.78, 5) is 10.5. The van der Waals surface area contributed by atoms with E-state index in [1.807, 2.05) is 0 Å². The van der Waals surface area contributed by atoms with Crippen LogP contribution in [0.25, 0.3) is 0 Å². The molecule has 0 saturated heterocycles. The third-order valence-electron chi connectivity index (χ3n) is 2.25. The van der Waals surface area contributed by atoms with Gasteiger partial charge in [-0.05, 0) is 17.9 Å². The monoisotopic (exact) mass is 309 g/mol. The van der Waals surface area contributed by atoms with E-state index in [1.165, 1.54) is 19.4 Å². The number of sulfonamides is 1. The Hall–Kier alpha value is -1.00. The Kier molecular flexibility index (Phi) is 5.44. The molecule has 0 saturated carbocycles. The number of aryl methyl sites for hydroxylation is 1. The molecular weight excluding hydrogens is 294 g/mol. The van der Waals surface area contributed by atoms with Crippen LogP contribution in [-0.4, -0.2) is 51.0 Å². The molecule has 3 N–H and O–H groups in total. The van der Waals surface area contributed by atoms with Crippen LogP contribution in [0.1, 0.15) is 15.2 Å². The van der Waals surface area contributed by atoms with Crippen LogP contribution < -0.4 is 4.72 Å². The molecule has 19 heavy (non-hydrogen) atoms. The molecule has 0 radical (unpaired) electrons. The van der Waals surface area contributed by atoms with Crippen molar-refractivity contribution in [2.24, 2.45) is 0 Å². The van der Waals surface area contributed by atoms with Crippen molar-refractivity contribution in [3.8, 4) is 0 Å². The van der Waals surface area contributed by atoms with Gasteiger partial charge in [-0.3, -0.25) is 0 Å². The summed E-state index contributed by atoms with van der Waals surface area (Å²) >= 11 is 0.850. The minimum atomic E-state index is -3.97. The maximum Gasteiger partial charge on any atom is 0.347 e. The molecule has 0 spiro atoms. The topological polar surface area (TPSA) is 113 Å². The average Bonchev–Trinajstić information content (AvgIpc) is 2.70. The van der Waals surface area contributed by atoms with Crippen LogP contribution in [-0.2, 0) is 14.8 Å². The van der Waals surface area contributed by atoms with Gasteiger partial charge in [-0.15, -0.1) is 11.3 Å². The van der Waals surface area contributed by atoms with Crippen LogP contribution in [0.15, 0.2) is 10.3 Å². The molecule has 9 heteroatoms. The van der Waals surface area contributed by atoms with Crippen molar-refractivity contribution < 1.29 is 28.2 Å². The number of carboxylic acids is 1. The van der Waals surface area contributed by atoms with Crippen LogP contribution in [0.5, 0.6) is 0 Å². The Balaban J connectivity index is 2.95. The normalized spacial score (nSPS) is 13.4. The first-order valence-corrected chi connectivity index (χ1v) is 7.64. The molecule has 1 aromatic heterocycles. The number of methoxy groups -OCH3 is 1. The van der Waals surface area contributed by atoms with E-state index in [0.717, 1.165) is 11.3 Å². The molecule has 1 aromatic rings. The molecule has 7 nitrogen and oxygen atoms in total. The fourth-order valence-electron chi connectivity index (χ4n) is 1.44. The van der Waals surface area contributed by atoms with Crippen molar-refractivity contribution in [3.05, 3.63) is 15.8 Å². The number of ether oxygens (including phenoxy) is 1. The number of thiophene rings is 1. The Morgan fingerprint density at radius 1 is 1.58 bits per heavy atom. The highest BCUT2D eigenvalue weighted by Gasteiger charge is 2.27. The number of hydrogen-bond donors (Lipinski definition) is 3. The van der Waals surface area contributed by atoms with Gasteiger partial charge in [0.15, 0.2) is 0 Å². The quantitative estimate of drug-likeness (QED) is 0.655. The Morgan fingerprint density at radius 2 is 2.21 bits per heavy atom. The van der Waals surface area contributed by atoms with Crippen molar-refractivity contribution >= 4 is 27.3 Å². The Morgan fingerprint density at radius 3 is 2.74 bits per heavy atom. The standard InChI is InChI=1S/C10H15NO6S2/c1-6-5-18-8(10(13)14)9(6)19(15,16)11-3-7(12)4-17-2/h5,7,11-12H,3-4H2,1-2H3,(H,13,14). The fourth-order valence-corrected chi connectivity index (χ4v) is 4.14. The Bertz CT molecular complexity index is 550. The van der Waals surface area contributed by atoms with Gasteiger partial charge in [-0.1, -0.05) is 0 Å². The van der Waals surface area contributed by atoms with Crippen molar-refractivity contribution in [1.29, 1.82) is 0 Å². The van der Waals surface area contributed by atoms with Gasteiger partial charge in [-0.2, -0.15) is 0 Å². The molecule has 1 heterocycles. The molecule has 0 aliphatic carbocycles. The molecule has 1 atom stereocenters. The number of aliphatic hydroxyl groups is 1. The Labute approximate surface area is 114 Å². The molecule has 108 valence electrons. The number of nitrogens with one attached hydrogen (secondary N) is 1. The summed E-state index contributed by atoms with van der Waals surface area (Å²) in [6.45, 7) is 1.25. The van der Waals surface area contributed by atoms with Crippen LogP contribution in [0.4, 0.5) is 0 Å². The summed E-state index contributed by atoms with van der Waals surface area (Å²) < 4.78 is 30.9. The number of rotatable bonds is 7. The van der Waals surface area contributed by atoms with Gasteiger partial charge in [0.1, 0.15) is 9.77 Å². The maximum atomic E-state index is 12.0. The zero-order valence-electron chi connectivity index (χ0n) is 10.4. The number of carbonyl (C=O) groups is 1. The van der Waals surface area contributed by atoms with Gasteiger partial charge in [0.2, 0.25) is 10.0 Å². The van der Waals surface area contributed by atoms with Gasteiger partial charge in [0.25, 0.3) is 0 Å². The molecule has 0 fully saturated rings. The van der Waals surface area contributed by atoms with Crippen LogP contribution in [0, 0.1) is 6.92 Å². The maximum absolute atomic E-state index is 12.0. The van der Waals surface area contributed by atoms with Gasteiger partial charge in [-0.25, -0.2) is 17.9 Å². The molecule has 1 rings (SSSR count). The van der Waals surface area contributed by atoms with E-state index in [9.17, 15) is 18.3 Å². The number of carboxylic acid groups (broad SMARTS) is 1. The third kappa shape index (κ3) is 3.98. The number of aliphatic hydroxyl groups excluding tert-OH is 1. The highest BCUT2D eigenvalue weighted by molar-refractivity contribution is 7.89. The zero-order valence-corrected chi connectivity index (χ0v) is 12.0. The first kappa shape index (κ1) is 16.1. The van der Waals surface area contributed by atoms with Crippen molar-refractivity contribution in [3.63, 3.8) is 0 Å². The summed E-state index contributed by atoms with van der Waals surface area (Å²) in [6, 6.07) is 0. The number of aromatic carboxylic acids is 1. The second-order valence-electron chi connectivity index (χ2n) is 3.84. The van der Waals surface area contributed by atoms with Crippen molar-refractivity contribution in [2.45, 2.75) is 17.9 Å². The predicted octanol–water partition coefficient (Wildman–Crippen LogP) is 0.0403. The summed E-state index contributed by atoms with van der Waals surface area (Å²) in [7, 11) is -2.59. The molecular formula is C10H15NO6S2. The highest BCUT2D eigenvalue weighted by Crippen LogP contribution is 2.26. The van der Waals surface area contributed by atoms with Crippen molar-refractivity contribution in [1.82, 2.24) is 4.72 Å². The van der Waals surface area contributed by atoms with E-state index in [0.29, 0.717) is 5.56 Å². The van der Waals surface area contributed by atoms with Crippen LogP contribution in [0.2, 0.25) is 0 Å². The molecule has 0 aromatic carbocycles. The molecule has 0 aliphatic rings. The van der Waals surface area contributed by atoms with Crippen LogP contribution >= 0.6 is 11.3 Å². The van der Waals surface area contributed by atoms with E-state index in [1.54, 1.807) is 0 Å². The molecule has 0 aliphatic heterocycles. The fraction of sp³-hybridized carbons (Fsp3) is 0.500. The minimum absolute atomic E-state index is 0.0169. The molecule has 1 unspecified atom stereocenters. The van der Waals surface area contributed by atoms with Gasteiger partial charge < -0.3 is 14.9 Å². The largest absolute Gasteiger partial charge is 0.477 e. The summed E-state index contributed by atoms with van der Waals surface area (Å²) in [5.41, 5.74) is 0.358. The zero-order chi connectivity index (χ0) is 14.6. The first-order valence-electron chi connectivity index (χ1n) is 5.27. The number of hydrogen-bond acceptors (Lipinski definition) is 6. The lowest BCUT2D eigenvalue weighted by Crippen LogP contribution is -2.35. The highest BCUT2D eigenvalue weighted by atomic mass is 32.2. The van der Waals surface area contributed by atoms with E-state index >= 15 is 0 Å².